The van der Waals surface area contributed by atoms with Gasteiger partial charge in [0.1, 0.15) is 5.82 Å². The summed E-state index contributed by atoms with van der Waals surface area (Å²) in [7, 11) is 0. The van der Waals surface area contributed by atoms with Crippen LogP contribution in [-0.4, -0.2) is 12.6 Å². The molecule has 0 spiro atoms. The lowest BCUT2D eigenvalue weighted by molar-refractivity contribution is 0.232. The number of benzene rings is 1. The Hall–Kier alpha value is -0.890. The Morgan fingerprint density at radius 1 is 1.21 bits per heavy atom. The lowest BCUT2D eigenvalue weighted by atomic mass is 9.79. The van der Waals surface area contributed by atoms with Crippen LogP contribution in [0, 0.1) is 17.7 Å². The highest BCUT2D eigenvalue weighted by molar-refractivity contribution is 5.16. The first-order valence-electron chi connectivity index (χ1n) is 7.63. The molecular weight excluding hydrogens is 237 g/mol. The van der Waals surface area contributed by atoms with Crippen molar-refractivity contribution in [2.75, 3.05) is 6.54 Å². The molecule has 0 radical (unpaired) electrons. The number of halogens is 1. The van der Waals surface area contributed by atoms with Gasteiger partial charge in [-0.2, -0.15) is 0 Å². The number of hydrogen-bond donors (Lipinski definition) is 1. The predicted molar refractivity (Wildman–Crippen MR) is 78.7 cm³/mol. The van der Waals surface area contributed by atoms with Gasteiger partial charge in [-0.15, -0.1) is 0 Å². The van der Waals surface area contributed by atoms with E-state index in [1.165, 1.54) is 31.2 Å². The SMILES string of the molecule is CC(C)C1CCCC(NCCc2ccc(F)cc2)C1. The third-order valence-corrected chi connectivity index (χ3v) is 4.42. The quantitative estimate of drug-likeness (QED) is 0.840. The van der Waals surface area contributed by atoms with E-state index in [2.05, 4.69) is 19.2 Å². The molecule has 0 bridgehead atoms. The molecule has 2 unspecified atom stereocenters. The van der Waals surface area contributed by atoms with Gasteiger partial charge in [-0.3, -0.25) is 0 Å². The molecule has 1 aromatic carbocycles. The van der Waals surface area contributed by atoms with Crippen LogP contribution in [0.3, 0.4) is 0 Å². The topological polar surface area (TPSA) is 12.0 Å². The van der Waals surface area contributed by atoms with E-state index in [1.807, 2.05) is 12.1 Å². The van der Waals surface area contributed by atoms with Crippen LogP contribution in [0.4, 0.5) is 4.39 Å². The summed E-state index contributed by atoms with van der Waals surface area (Å²) in [6.45, 7) is 5.68. The Morgan fingerprint density at radius 3 is 2.63 bits per heavy atom. The summed E-state index contributed by atoms with van der Waals surface area (Å²) in [5.41, 5.74) is 1.21. The number of rotatable bonds is 5. The minimum atomic E-state index is -0.149. The summed E-state index contributed by atoms with van der Waals surface area (Å²) in [6, 6.07) is 7.54. The van der Waals surface area contributed by atoms with Crippen LogP contribution in [0.15, 0.2) is 24.3 Å². The van der Waals surface area contributed by atoms with E-state index in [0.717, 1.165) is 24.8 Å². The van der Waals surface area contributed by atoms with Gasteiger partial charge < -0.3 is 5.32 Å². The van der Waals surface area contributed by atoms with Crippen molar-refractivity contribution in [2.24, 2.45) is 11.8 Å². The summed E-state index contributed by atoms with van der Waals surface area (Å²) in [5, 5.41) is 3.68. The first-order valence-corrected chi connectivity index (χ1v) is 7.63. The van der Waals surface area contributed by atoms with Crippen LogP contribution < -0.4 is 5.32 Å². The van der Waals surface area contributed by atoms with Gasteiger partial charge in [-0.25, -0.2) is 4.39 Å². The Balaban J connectivity index is 1.72. The Labute approximate surface area is 116 Å². The summed E-state index contributed by atoms with van der Waals surface area (Å²) in [6.07, 6.45) is 6.38. The molecule has 0 aromatic heterocycles. The van der Waals surface area contributed by atoms with E-state index in [1.54, 1.807) is 12.1 Å². The van der Waals surface area contributed by atoms with Gasteiger partial charge in [-0.05, 0) is 55.3 Å². The molecule has 19 heavy (non-hydrogen) atoms. The van der Waals surface area contributed by atoms with Crippen molar-refractivity contribution in [3.8, 4) is 0 Å². The van der Waals surface area contributed by atoms with Gasteiger partial charge in [0.15, 0.2) is 0 Å². The zero-order valence-corrected chi connectivity index (χ0v) is 12.2. The van der Waals surface area contributed by atoms with Gasteiger partial charge in [0.2, 0.25) is 0 Å². The van der Waals surface area contributed by atoms with Crippen molar-refractivity contribution in [3.05, 3.63) is 35.6 Å². The molecule has 106 valence electrons. The van der Waals surface area contributed by atoms with E-state index in [4.69, 9.17) is 0 Å². The molecule has 1 aliphatic rings. The molecule has 1 saturated carbocycles. The summed E-state index contributed by atoms with van der Waals surface area (Å²) in [4.78, 5) is 0. The van der Waals surface area contributed by atoms with Crippen molar-refractivity contribution >= 4 is 0 Å². The van der Waals surface area contributed by atoms with E-state index < -0.39 is 0 Å². The van der Waals surface area contributed by atoms with E-state index >= 15 is 0 Å². The van der Waals surface area contributed by atoms with Crippen molar-refractivity contribution in [3.63, 3.8) is 0 Å². The summed E-state index contributed by atoms with van der Waals surface area (Å²) < 4.78 is 12.8. The number of nitrogens with one attached hydrogen (secondary N) is 1. The average Bonchev–Trinajstić information content (AvgIpc) is 2.41. The highest BCUT2D eigenvalue weighted by atomic mass is 19.1. The van der Waals surface area contributed by atoms with Gasteiger partial charge in [-0.1, -0.05) is 38.8 Å². The molecule has 0 aliphatic heterocycles. The molecular formula is C17H26FN. The largest absolute Gasteiger partial charge is 0.314 e. The fourth-order valence-corrected chi connectivity index (χ4v) is 3.09. The Bertz CT molecular complexity index is 371. The third kappa shape index (κ3) is 4.61. The van der Waals surface area contributed by atoms with Crippen LogP contribution in [0.2, 0.25) is 0 Å². The molecule has 1 N–H and O–H groups in total. The van der Waals surface area contributed by atoms with Crippen LogP contribution >= 0.6 is 0 Å². The first kappa shape index (κ1) is 14.5. The maximum absolute atomic E-state index is 12.8. The van der Waals surface area contributed by atoms with Crippen molar-refractivity contribution < 1.29 is 4.39 Å². The Kier molecular flexibility index (Phi) is 5.38. The molecule has 2 rings (SSSR count). The highest BCUT2D eigenvalue weighted by Crippen LogP contribution is 2.29. The van der Waals surface area contributed by atoms with E-state index in [-0.39, 0.29) is 5.82 Å². The van der Waals surface area contributed by atoms with Gasteiger partial charge >= 0.3 is 0 Å². The second kappa shape index (κ2) is 7.04. The third-order valence-electron chi connectivity index (χ3n) is 4.42. The Morgan fingerprint density at radius 2 is 1.95 bits per heavy atom. The molecule has 2 heteroatoms. The summed E-state index contributed by atoms with van der Waals surface area (Å²) in [5.74, 6) is 1.54. The molecule has 1 fully saturated rings. The maximum Gasteiger partial charge on any atom is 0.123 e. The minimum Gasteiger partial charge on any atom is -0.314 e. The monoisotopic (exact) mass is 263 g/mol. The highest BCUT2D eigenvalue weighted by Gasteiger charge is 2.23. The first-order chi connectivity index (χ1) is 9.15. The molecule has 0 amide bonds. The van der Waals surface area contributed by atoms with Crippen LogP contribution in [0.25, 0.3) is 0 Å². The number of hydrogen-bond acceptors (Lipinski definition) is 1. The van der Waals surface area contributed by atoms with Crippen LogP contribution in [0.1, 0.15) is 45.1 Å². The van der Waals surface area contributed by atoms with E-state index in [9.17, 15) is 4.39 Å². The molecule has 0 heterocycles. The van der Waals surface area contributed by atoms with Gasteiger partial charge in [0.05, 0.1) is 0 Å². The lowest BCUT2D eigenvalue weighted by Crippen LogP contribution is -2.36. The predicted octanol–water partition coefficient (Wildman–Crippen LogP) is 4.17. The molecule has 1 aromatic rings. The summed E-state index contributed by atoms with van der Waals surface area (Å²) >= 11 is 0. The van der Waals surface area contributed by atoms with Crippen molar-refractivity contribution in [2.45, 2.75) is 52.0 Å². The second-order valence-corrected chi connectivity index (χ2v) is 6.20. The van der Waals surface area contributed by atoms with Crippen LogP contribution in [-0.2, 0) is 6.42 Å². The fourth-order valence-electron chi connectivity index (χ4n) is 3.09. The standard InChI is InChI=1S/C17H26FN/c1-13(2)15-4-3-5-17(12-15)19-11-10-14-6-8-16(18)9-7-14/h6-9,13,15,17,19H,3-5,10-12H2,1-2H3. The lowest BCUT2D eigenvalue weighted by Gasteiger charge is -2.32. The normalized spacial score (nSPS) is 23.8. The molecule has 2 atom stereocenters. The average molecular weight is 263 g/mol. The smallest absolute Gasteiger partial charge is 0.123 e. The molecule has 0 saturated heterocycles. The van der Waals surface area contributed by atoms with E-state index in [0.29, 0.717) is 6.04 Å². The minimum absolute atomic E-state index is 0.149. The van der Waals surface area contributed by atoms with Crippen LogP contribution in [0.5, 0.6) is 0 Å². The van der Waals surface area contributed by atoms with Gasteiger partial charge in [0.25, 0.3) is 0 Å². The van der Waals surface area contributed by atoms with Crippen molar-refractivity contribution in [1.82, 2.24) is 5.32 Å². The molecule has 1 nitrogen and oxygen atoms in total. The zero-order chi connectivity index (χ0) is 13.7. The maximum atomic E-state index is 12.8. The zero-order valence-electron chi connectivity index (χ0n) is 12.2. The molecule has 1 aliphatic carbocycles. The van der Waals surface area contributed by atoms with Gasteiger partial charge in [0, 0.05) is 6.04 Å². The fraction of sp³-hybridized carbons (Fsp3) is 0.647. The van der Waals surface area contributed by atoms with Crippen molar-refractivity contribution in [1.29, 1.82) is 0 Å². The second-order valence-electron chi connectivity index (χ2n) is 6.20.